The molecule has 1 atom stereocenters. The Bertz CT molecular complexity index is 626. The lowest BCUT2D eigenvalue weighted by Crippen LogP contribution is -2.18. The summed E-state index contributed by atoms with van der Waals surface area (Å²) in [5, 5.41) is 3.58. The van der Waals surface area contributed by atoms with Gasteiger partial charge in [0.25, 0.3) is 0 Å². The molecule has 0 heterocycles. The van der Waals surface area contributed by atoms with Crippen LogP contribution in [0.1, 0.15) is 34.7 Å². The summed E-state index contributed by atoms with van der Waals surface area (Å²) in [5.74, 6) is -0.137. The van der Waals surface area contributed by atoms with Gasteiger partial charge in [-0.1, -0.05) is 30.3 Å². The van der Waals surface area contributed by atoms with Crippen LogP contribution in [0, 0.1) is 5.82 Å². The van der Waals surface area contributed by atoms with Crippen molar-refractivity contribution < 1.29 is 9.13 Å². The van der Waals surface area contributed by atoms with E-state index in [1.165, 1.54) is 16.7 Å². The van der Waals surface area contributed by atoms with E-state index >= 15 is 0 Å². The average molecular weight is 285 g/mol. The normalized spacial score (nSPS) is 17.0. The van der Waals surface area contributed by atoms with Crippen molar-refractivity contribution in [2.45, 2.75) is 32.0 Å². The van der Waals surface area contributed by atoms with Crippen molar-refractivity contribution in [3.8, 4) is 0 Å². The molecule has 1 unspecified atom stereocenters. The minimum absolute atomic E-state index is 0.137. The molecule has 2 nitrogen and oxygen atoms in total. The Morgan fingerprint density at radius 2 is 2.05 bits per heavy atom. The summed E-state index contributed by atoms with van der Waals surface area (Å²) in [6.45, 7) is 1.46. The monoisotopic (exact) mass is 285 g/mol. The van der Waals surface area contributed by atoms with Crippen LogP contribution in [-0.2, 0) is 24.3 Å². The van der Waals surface area contributed by atoms with Crippen molar-refractivity contribution in [3.63, 3.8) is 0 Å². The fraction of sp³-hybridized carbons (Fsp3) is 0.333. The van der Waals surface area contributed by atoms with Crippen LogP contribution in [0.5, 0.6) is 0 Å². The lowest BCUT2D eigenvalue weighted by molar-refractivity contribution is 0.185. The van der Waals surface area contributed by atoms with Crippen LogP contribution in [0.25, 0.3) is 0 Å². The van der Waals surface area contributed by atoms with Crippen LogP contribution in [0.4, 0.5) is 4.39 Å². The second-order valence-corrected chi connectivity index (χ2v) is 5.57. The molecule has 3 heteroatoms. The first kappa shape index (κ1) is 14.2. The quantitative estimate of drug-likeness (QED) is 0.903. The summed E-state index contributed by atoms with van der Waals surface area (Å²) in [6.07, 6.45) is 1.99. The van der Waals surface area contributed by atoms with E-state index in [9.17, 15) is 4.39 Å². The van der Waals surface area contributed by atoms with Crippen LogP contribution in [0.15, 0.2) is 42.5 Å². The summed E-state index contributed by atoms with van der Waals surface area (Å²) in [4.78, 5) is 0. The zero-order chi connectivity index (χ0) is 14.7. The molecular formula is C18H20FNO. The van der Waals surface area contributed by atoms with Gasteiger partial charge in [0, 0.05) is 19.7 Å². The highest BCUT2D eigenvalue weighted by Gasteiger charge is 2.22. The smallest absolute Gasteiger partial charge is 0.123 e. The maximum atomic E-state index is 13.2. The number of benzene rings is 2. The van der Waals surface area contributed by atoms with E-state index in [1.807, 2.05) is 6.07 Å². The maximum absolute atomic E-state index is 13.2. The first-order valence-electron chi connectivity index (χ1n) is 7.35. The van der Waals surface area contributed by atoms with Crippen molar-refractivity contribution >= 4 is 0 Å². The van der Waals surface area contributed by atoms with E-state index in [0.717, 1.165) is 24.9 Å². The van der Waals surface area contributed by atoms with Crippen LogP contribution >= 0.6 is 0 Å². The van der Waals surface area contributed by atoms with Crippen LogP contribution in [-0.4, -0.2) is 7.11 Å². The van der Waals surface area contributed by atoms with Gasteiger partial charge in [0.15, 0.2) is 0 Å². The maximum Gasteiger partial charge on any atom is 0.123 e. The molecule has 0 aromatic heterocycles. The topological polar surface area (TPSA) is 21.3 Å². The predicted octanol–water partition coefficient (Wildman–Crippen LogP) is 3.75. The predicted molar refractivity (Wildman–Crippen MR) is 81.5 cm³/mol. The number of aryl methyl sites for hydroxylation is 1. The van der Waals surface area contributed by atoms with Gasteiger partial charge in [-0.15, -0.1) is 0 Å². The van der Waals surface area contributed by atoms with Gasteiger partial charge in [0.1, 0.15) is 5.82 Å². The number of rotatable bonds is 5. The molecule has 110 valence electrons. The molecule has 0 saturated heterocycles. The van der Waals surface area contributed by atoms with Crippen molar-refractivity contribution in [3.05, 3.63) is 70.5 Å². The summed E-state index contributed by atoms with van der Waals surface area (Å²) in [5.41, 5.74) is 4.82. The number of fused-ring (bicyclic) bond motifs is 1. The summed E-state index contributed by atoms with van der Waals surface area (Å²) < 4.78 is 18.4. The molecule has 0 radical (unpaired) electrons. The minimum Gasteiger partial charge on any atom is -0.380 e. The van der Waals surface area contributed by atoms with E-state index < -0.39 is 0 Å². The van der Waals surface area contributed by atoms with Gasteiger partial charge in [-0.05, 0) is 47.2 Å². The van der Waals surface area contributed by atoms with Gasteiger partial charge in [-0.25, -0.2) is 4.39 Å². The zero-order valence-electron chi connectivity index (χ0n) is 12.2. The Labute approximate surface area is 125 Å². The third-order valence-corrected chi connectivity index (χ3v) is 4.04. The molecule has 21 heavy (non-hydrogen) atoms. The SMILES string of the molecule is COCc1cccc(CNC2CCc3cc(F)ccc32)c1. The third kappa shape index (κ3) is 3.31. The van der Waals surface area contributed by atoms with Gasteiger partial charge in [0.2, 0.25) is 0 Å². The van der Waals surface area contributed by atoms with Crippen molar-refractivity contribution in [1.82, 2.24) is 5.32 Å². The van der Waals surface area contributed by atoms with E-state index in [4.69, 9.17) is 4.74 Å². The largest absolute Gasteiger partial charge is 0.380 e. The molecule has 0 amide bonds. The highest BCUT2D eigenvalue weighted by molar-refractivity contribution is 5.35. The molecule has 0 spiro atoms. The van der Waals surface area contributed by atoms with E-state index in [0.29, 0.717) is 12.6 Å². The second kappa shape index (κ2) is 6.37. The van der Waals surface area contributed by atoms with Gasteiger partial charge < -0.3 is 10.1 Å². The van der Waals surface area contributed by atoms with E-state index in [-0.39, 0.29) is 5.82 Å². The molecule has 2 aromatic carbocycles. The lowest BCUT2D eigenvalue weighted by atomic mass is 10.1. The average Bonchev–Trinajstić information content (AvgIpc) is 2.88. The van der Waals surface area contributed by atoms with Crippen molar-refractivity contribution in [2.24, 2.45) is 0 Å². The number of nitrogens with one attached hydrogen (secondary N) is 1. The Hall–Kier alpha value is -1.71. The Balaban J connectivity index is 1.65. The summed E-state index contributed by atoms with van der Waals surface area (Å²) >= 11 is 0. The summed E-state index contributed by atoms with van der Waals surface area (Å²) in [6, 6.07) is 13.9. The van der Waals surface area contributed by atoms with E-state index in [1.54, 1.807) is 19.2 Å². The Morgan fingerprint density at radius 3 is 2.90 bits per heavy atom. The standard InChI is InChI=1S/C18H20FNO/c1-21-12-14-4-2-3-13(9-14)11-20-18-8-5-15-10-16(19)6-7-17(15)18/h2-4,6-7,9-10,18,20H,5,8,11-12H2,1H3. The highest BCUT2D eigenvalue weighted by Crippen LogP contribution is 2.31. The highest BCUT2D eigenvalue weighted by atomic mass is 19.1. The molecule has 1 aliphatic rings. The molecule has 2 aromatic rings. The number of ether oxygens (including phenoxy) is 1. The number of hydrogen-bond donors (Lipinski definition) is 1. The fourth-order valence-electron chi connectivity index (χ4n) is 3.04. The first-order chi connectivity index (χ1) is 10.3. The van der Waals surface area contributed by atoms with Gasteiger partial charge >= 0.3 is 0 Å². The van der Waals surface area contributed by atoms with Gasteiger partial charge in [0.05, 0.1) is 6.61 Å². The van der Waals surface area contributed by atoms with Crippen LogP contribution in [0.2, 0.25) is 0 Å². The second-order valence-electron chi connectivity index (χ2n) is 5.57. The Kier molecular flexibility index (Phi) is 4.32. The molecule has 0 saturated carbocycles. The fourth-order valence-corrected chi connectivity index (χ4v) is 3.04. The Morgan fingerprint density at radius 1 is 1.19 bits per heavy atom. The molecule has 0 bridgehead atoms. The summed E-state index contributed by atoms with van der Waals surface area (Å²) in [7, 11) is 1.71. The molecular weight excluding hydrogens is 265 g/mol. The number of methoxy groups -OCH3 is 1. The zero-order valence-corrected chi connectivity index (χ0v) is 12.2. The number of hydrogen-bond acceptors (Lipinski definition) is 2. The molecule has 0 aliphatic heterocycles. The molecule has 0 fully saturated rings. The van der Waals surface area contributed by atoms with Crippen LogP contribution in [0.3, 0.4) is 0 Å². The first-order valence-corrected chi connectivity index (χ1v) is 7.35. The number of halogens is 1. The van der Waals surface area contributed by atoms with Crippen LogP contribution < -0.4 is 5.32 Å². The van der Waals surface area contributed by atoms with Gasteiger partial charge in [-0.2, -0.15) is 0 Å². The van der Waals surface area contributed by atoms with E-state index in [2.05, 4.69) is 29.6 Å². The van der Waals surface area contributed by atoms with Crippen molar-refractivity contribution in [2.75, 3.05) is 7.11 Å². The third-order valence-electron chi connectivity index (χ3n) is 4.04. The minimum atomic E-state index is -0.137. The lowest BCUT2D eigenvalue weighted by Gasteiger charge is -2.14. The van der Waals surface area contributed by atoms with Crippen molar-refractivity contribution in [1.29, 1.82) is 0 Å². The van der Waals surface area contributed by atoms with Gasteiger partial charge in [-0.3, -0.25) is 0 Å². The molecule has 3 rings (SSSR count). The molecule has 1 N–H and O–H groups in total. The molecule has 1 aliphatic carbocycles.